The number of hydrogen-bond donors (Lipinski definition) is 2. The maximum absolute atomic E-state index is 12.2. The van der Waals surface area contributed by atoms with Crippen molar-refractivity contribution in [3.8, 4) is 22.9 Å². The van der Waals surface area contributed by atoms with Gasteiger partial charge in [0, 0.05) is 47.4 Å². The van der Waals surface area contributed by atoms with E-state index in [4.69, 9.17) is 19.9 Å². The summed E-state index contributed by atoms with van der Waals surface area (Å²) < 4.78 is 18.2. The van der Waals surface area contributed by atoms with Gasteiger partial charge < -0.3 is 29.8 Å². The average molecular weight is 435 g/mol. The van der Waals surface area contributed by atoms with Crippen LogP contribution in [0, 0.1) is 0 Å². The smallest absolute Gasteiger partial charge is 0.250 e. The van der Waals surface area contributed by atoms with E-state index in [0.29, 0.717) is 40.6 Å². The monoisotopic (exact) mass is 435 g/mol. The first-order valence-corrected chi connectivity index (χ1v) is 10.2. The summed E-state index contributed by atoms with van der Waals surface area (Å²) in [6, 6.07) is 10.7. The number of ketones is 1. The first-order chi connectivity index (χ1) is 15.5. The summed E-state index contributed by atoms with van der Waals surface area (Å²) in [5, 5.41) is 3.25. The minimum atomic E-state index is -0.559. The molecule has 1 aromatic heterocycles. The number of benzene rings is 2. The van der Waals surface area contributed by atoms with Gasteiger partial charge in [0.05, 0.1) is 32.6 Å². The quantitative estimate of drug-likeness (QED) is 0.584. The van der Waals surface area contributed by atoms with Crippen LogP contribution < -0.4 is 25.3 Å². The Balaban J connectivity index is 1.78. The number of methoxy groups -OCH3 is 3. The molecule has 0 saturated carbocycles. The number of anilines is 2. The number of primary amides is 1. The van der Waals surface area contributed by atoms with Crippen molar-refractivity contribution in [1.82, 2.24) is 4.57 Å². The van der Waals surface area contributed by atoms with Gasteiger partial charge in [0.25, 0.3) is 5.91 Å². The molecule has 8 nitrogen and oxygen atoms in total. The number of nitrogens with two attached hydrogens (primary N) is 1. The van der Waals surface area contributed by atoms with Gasteiger partial charge in [-0.2, -0.15) is 0 Å². The van der Waals surface area contributed by atoms with Crippen molar-refractivity contribution in [2.45, 2.75) is 19.3 Å². The van der Waals surface area contributed by atoms with E-state index < -0.39 is 5.91 Å². The Kier molecular flexibility index (Phi) is 5.77. The highest BCUT2D eigenvalue weighted by atomic mass is 16.5. The zero-order valence-corrected chi connectivity index (χ0v) is 18.2. The molecule has 1 amide bonds. The first kappa shape index (κ1) is 21.3. The molecule has 3 N–H and O–H groups in total. The predicted octanol–water partition coefficient (Wildman–Crippen LogP) is 3.86. The largest absolute Gasteiger partial charge is 0.493 e. The summed E-state index contributed by atoms with van der Waals surface area (Å²) >= 11 is 0. The molecule has 0 atom stereocenters. The number of aromatic nitrogens is 1. The number of carbonyl (C=O) groups is 2. The Morgan fingerprint density at radius 3 is 2.34 bits per heavy atom. The van der Waals surface area contributed by atoms with Crippen molar-refractivity contribution in [2.75, 3.05) is 26.6 Å². The van der Waals surface area contributed by atoms with Crippen molar-refractivity contribution in [2.24, 2.45) is 5.73 Å². The number of carbonyl (C=O) groups excluding carboxylic acids is 2. The van der Waals surface area contributed by atoms with E-state index in [1.807, 2.05) is 29.0 Å². The summed E-state index contributed by atoms with van der Waals surface area (Å²) in [5.74, 6) is 1.02. The van der Waals surface area contributed by atoms with E-state index in [1.165, 1.54) is 21.3 Å². The maximum Gasteiger partial charge on any atom is 0.250 e. The lowest BCUT2D eigenvalue weighted by atomic mass is 9.96. The number of hydrogen-bond acceptors (Lipinski definition) is 6. The fourth-order valence-electron chi connectivity index (χ4n) is 4.08. The van der Waals surface area contributed by atoms with Crippen LogP contribution in [0.25, 0.3) is 5.69 Å². The number of nitrogens with one attached hydrogen (secondary N) is 1. The van der Waals surface area contributed by atoms with E-state index in [1.54, 1.807) is 18.2 Å². The lowest BCUT2D eigenvalue weighted by Gasteiger charge is -2.18. The van der Waals surface area contributed by atoms with Gasteiger partial charge in [-0.15, -0.1) is 0 Å². The van der Waals surface area contributed by atoms with Gasteiger partial charge in [0.1, 0.15) is 0 Å². The third-order valence-electron chi connectivity index (χ3n) is 5.60. The molecule has 1 aliphatic rings. The van der Waals surface area contributed by atoms with Gasteiger partial charge in [-0.1, -0.05) is 0 Å². The third kappa shape index (κ3) is 3.75. The van der Waals surface area contributed by atoms with Gasteiger partial charge >= 0.3 is 0 Å². The number of nitrogens with zero attached hydrogens (tertiary/aromatic N) is 1. The highest BCUT2D eigenvalue weighted by Crippen LogP contribution is 2.41. The molecule has 0 bridgehead atoms. The van der Waals surface area contributed by atoms with Gasteiger partial charge in [0.2, 0.25) is 5.75 Å². The molecule has 3 aromatic rings. The fraction of sp³-hybridized carbons (Fsp3) is 0.250. The normalized spacial score (nSPS) is 12.8. The Labute approximate surface area is 185 Å². The zero-order valence-electron chi connectivity index (χ0n) is 18.2. The molecule has 32 heavy (non-hydrogen) atoms. The van der Waals surface area contributed by atoms with Crippen LogP contribution in [0.4, 0.5) is 11.4 Å². The summed E-state index contributed by atoms with van der Waals surface area (Å²) in [6.45, 7) is 0. The number of rotatable bonds is 7. The fourth-order valence-corrected chi connectivity index (χ4v) is 4.08. The lowest BCUT2D eigenvalue weighted by molar-refractivity contribution is 0.0970. The maximum atomic E-state index is 12.2. The molecule has 1 heterocycles. The van der Waals surface area contributed by atoms with Crippen LogP contribution in [-0.2, 0) is 6.42 Å². The number of Topliss-reactive ketones (excluding diaryl/α,β-unsaturated/α-hetero) is 1. The minimum absolute atomic E-state index is 0.162. The topological polar surface area (TPSA) is 105 Å². The molecule has 8 heteroatoms. The molecule has 2 aromatic carbocycles. The Morgan fingerprint density at radius 1 is 1.00 bits per heavy atom. The molecule has 0 aliphatic heterocycles. The first-order valence-electron chi connectivity index (χ1n) is 10.2. The lowest BCUT2D eigenvalue weighted by Crippen LogP contribution is -2.15. The molecule has 0 fully saturated rings. The minimum Gasteiger partial charge on any atom is -0.493 e. The second kappa shape index (κ2) is 8.66. The molecule has 4 rings (SSSR count). The molecule has 0 saturated heterocycles. The van der Waals surface area contributed by atoms with Crippen LogP contribution in [0.5, 0.6) is 17.2 Å². The second-order valence-corrected chi connectivity index (χ2v) is 7.46. The summed E-state index contributed by atoms with van der Waals surface area (Å²) in [6.07, 6.45) is 4.11. The van der Waals surface area contributed by atoms with Crippen molar-refractivity contribution in [1.29, 1.82) is 0 Å². The van der Waals surface area contributed by atoms with E-state index in [0.717, 1.165) is 29.8 Å². The Morgan fingerprint density at radius 2 is 1.72 bits per heavy atom. The van der Waals surface area contributed by atoms with Crippen molar-refractivity contribution in [3.63, 3.8) is 0 Å². The Bertz CT molecular complexity index is 1170. The summed E-state index contributed by atoms with van der Waals surface area (Å²) in [5.41, 5.74) is 9.67. The molecule has 0 unspecified atom stereocenters. The number of amides is 1. The van der Waals surface area contributed by atoms with Crippen LogP contribution in [0.1, 0.15) is 39.3 Å². The van der Waals surface area contributed by atoms with Crippen LogP contribution >= 0.6 is 0 Å². The number of fused-ring (bicyclic) bond motifs is 1. The Hall–Kier alpha value is -3.94. The molecule has 166 valence electrons. The van der Waals surface area contributed by atoms with E-state index in [2.05, 4.69) is 5.32 Å². The van der Waals surface area contributed by atoms with Crippen LogP contribution in [0.3, 0.4) is 0 Å². The van der Waals surface area contributed by atoms with E-state index in [-0.39, 0.29) is 5.78 Å². The third-order valence-corrected chi connectivity index (χ3v) is 5.60. The molecule has 0 radical (unpaired) electrons. The van der Waals surface area contributed by atoms with E-state index >= 15 is 0 Å². The summed E-state index contributed by atoms with van der Waals surface area (Å²) in [4.78, 5) is 24.3. The molecule has 0 spiro atoms. The predicted molar refractivity (Wildman–Crippen MR) is 121 cm³/mol. The summed E-state index contributed by atoms with van der Waals surface area (Å²) in [7, 11) is 4.60. The van der Waals surface area contributed by atoms with Crippen molar-refractivity contribution >= 4 is 23.1 Å². The molecular formula is C24H25N3O5. The standard InChI is InChI=1S/C24H25N3O5/c1-30-21-11-14(12-22(31-2)23(21)32-3)26-18-13-15(7-8-16(18)24(25)29)27-10-9-17-19(27)5-4-6-20(17)28/h7-13,26H,4-6H2,1-3H3,(H2,25,29). The zero-order chi connectivity index (χ0) is 22.8. The van der Waals surface area contributed by atoms with Gasteiger partial charge in [0.15, 0.2) is 17.3 Å². The average Bonchev–Trinajstić information content (AvgIpc) is 3.23. The highest BCUT2D eigenvalue weighted by Gasteiger charge is 2.22. The molecule has 1 aliphatic carbocycles. The van der Waals surface area contributed by atoms with Crippen molar-refractivity contribution in [3.05, 3.63) is 59.4 Å². The SMILES string of the molecule is COc1cc(Nc2cc(-n3ccc4c3CCCC4=O)ccc2C(N)=O)cc(OC)c1OC. The van der Waals surface area contributed by atoms with Gasteiger partial charge in [-0.3, -0.25) is 9.59 Å². The second-order valence-electron chi connectivity index (χ2n) is 7.46. The van der Waals surface area contributed by atoms with Crippen LogP contribution in [0.15, 0.2) is 42.6 Å². The van der Waals surface area contributed by atoms with Gasteiger partial charge in [-0.05, 0) is 37.1 Å². The highest BCUT2D eigenvalue weighted by molar-refractivity contribution is 6.00. The van der Waals surface area contributed by atoms with Crippen LogP contribution in [0.2, 0.25) is 0 Å². The van der Waals surface area contributed by atoms with Crippen molar-refractivity contribution < 1.29 is 23.8 Å². The van der Waals surface area contributed by atoms with E-state index in [9.17, 15) is 9.59 Å². The molecular weight excluding hydrogens is 410 g/mol. The van der Waals surface area contributed by atoms with Crippen LogP contribution in [-0.4, -0.2) is 37.6 Å². The van der Waals surface area contributed by atoms with Gasteiger partial charge in [-0.25, -0.2) is 0 Å². The number of ether oxygens (including phenoxy) is 3.